The standard InChI is InChI=1S/C17H13ClN4O4/c1-26-16-6-4-12(10-13(16)18)20-17(23)11-3-5-14(15(9-11)22(24)25)21-8-2-7-19-21/h2-10H,1H3,(H,20,23). The number of hydrogen-bond donors (Lipinski definition) is 1. The summed E-state index contributed by atoms with van der Waals surface area (Å²) < 4.78 is 6.42. The summed E-state index contributed by atoms with van der Waals surface area (Å²) in [5.41, 5.74) is 0.623. The number of carbonyl (C=O) groups excluding carboxylic acids is 1. The van der Waals surface area contributed by atoms with E-state index in [2.05, 4.69) is 10.4 Å². The van der Waals surface area contributed by atoms with E-state index >= 15 is 0 Å². The maximum Gasteiger partial charge on any atom is 0.295 e. The average molecular weight is 373 g/mol. The number of nitro groups is 1. The van der Waals surface area contributed by atoms with Gasteiger partial charge in [-0.2, -0.15) is 5.10 Å². The Morgan fingerprint density at radius 3 is 2.73 bits per heavy atom. The molecule has 0 saturated carbocycles. The highest BCUT2D eigenvalue weighted by Crippen LogP contribution is 2.28. The summed E-state index contributed by atoms with van der Waals surface area (Å²) in [6.07, 6.45) is 3.10. The number of nitrogens with one attached hydrogen (secondary N) is 1. The van der Waals surface area contributed by atoms with Gasteiger partial charge in [-0.25, -0.2) is 4.68 Å². The average Bonchev–Trinajstić information content (AvgIpc) is 3.15. The van der Waals surface area contributed by atoms with Crippen molar-refractivity contribution in [1.82, 2.24) is 9.78 Å². The lowest BCUT2D eigenvalue weighted by atomic mass is 10.1. The van der Waals surface area contributed by atoms with Gasteiger partial charge in [-0.3, -0.25) is 14.9 Å². The molecule has 0 aliphatic rings. The third kappa shape index (κ3) is 3.50. The molecule has 1 heterocycles. The van der Waals surface area contributed by atoms with Crippen molar-refractivity contribution in [3.05, 3.63) is 75.6 Å². The first-order chi connectivity index (χ1) is 12.5. The first-order valence-electron chi connectivity index (χ1n) is 7.43. The monoisotopic (exact) mass is 372 g/mol. The fourth-order valence-electron chi connectivity index (χ4n) is 2.36. The Morgan fingerprint density at radius 1 is 1.31 bits per heavy atom. The Hall–Kier alpha value is -3.39. The first-order valence-corrected chi connectivity index (χ1v) is 7.80. The lowest BCUT2D eigenvalue weighted by Crippen LogP contribution is -2.13. The van der Waals surface area contributed by atoms with E-state index in [1.165, 1.54) is 42.3 Å². The predicted molar refractivity (Wildman–Crippen MR) is 96.2 cm³/mol. The summed E-state index contributed by atoms with van der Waals surface area (Å²) in [6.45, 7) is 0. The summed E-state index contributed by atoms with van der Waals surface area (Å²) in [4.78, 5) is 23.2. The van der Waals surface area contributed by atoms with Crippen molar-refractivity contribution in [1.29, 1.82) is 0 Å². The number of benzene rings is 2. The van der Waals surface area contributed by atoms with Crippen molar-refractivity contribution in [3.8, 4) is 11.4 Å². The van der Waals surface area contributed by atoms with Crippen LogP contribution in [0.15, 0.2) is 54.9 Å². The van der Waals surface area contributed by atoms with Crippen molar-refractivity contribution in [2.45, 2.75) is 0 Å². The van der Waals surface area contributed by atoms with Crippen LogP contribution in [0.1, 0.15) is 10.4 Å². The van der Waals surface area contributed by atoms with Crippen LogP contribution in [0.25, 0.3) is 5.69 Å². The molecule has 8 nitrogen and oxygen atoms in total. The molecule has 9 heteroatoms. The Labute approximate surface area is 153 Å². The van der Waals surface area contributed by atoms with Crippen LogP contribution in [0.5, 0.6) is 5.75 Å². The van der Waals surface area contributed by atoms with Gasteiger partial charge in [0, 0.05) is 29.7 Å². The van der Waals surface area contributed by atoms with Crippen LogP contribution >= 0.6 is 11.6 Å². The molecule has 0 aliphatic heterocycles. The molecule has 0 atom stereocenters. The first kappa shape index (κ1) is 17.4. The number of hydrogen-bond acceptors (Lipinski definition) is 5. The number of methoxy groups -OCH3 is 1. The van der Waals surface area contributed by atoms with Crippen LogP contribution in [0, 0.1) is 10.1 Å². The molecule has 1 amide bonds. The van der Waals surface area contributed by atoms with E-state index in [1.54, 1.807) is 24.4 Å². The lowest BCUT2D eigenvalue weighted by Gasteiger charge is -2.09. The molecule has 0 fully saturated rings. The van der Waals surface area contributed by atoms with Crippen LogP contribution in [0.2, 0.25) is 5.02 Å². The molecule has 0 saturated heterocycles. The number of nitrogens with zero attached hydrogens (tertiary/aromatic N) is 3. The summed E-state index contributed by atoms with van der Waals surface area (Å²) in [6, 6.07) is 10.6. The summed E-state index contributed by atoms with van der Waals surface area (Å²) in [7, 11) is 1.49. The SMILES string of the molecule is COc1ccc(NC(=O)c2ccc(-n3cccn3)c([N+](=O)[O-])c2)cc1Cl. The van der Waals surface area contributed by atoms with Crippen LogP contribution in [0.3, 0.4) is 0 Å². The van der Waals surface area contributed by atoms with E-state index in [0.29, 0.717) is 16.5 Å². The highest BCUT2D eigenvalue weighted by Gasteiger charge is 2.19. The van der Waals surface area contributed by atoms with Crippen LogP contribution in [0.4, 0.5) is 11.4 Å². The van der Waals surface area contributed by atoms with E-state index in [0.717, 1.165) is 0 Å². The normalized spacial score (nSPS) is 10.4. The fraction of sp³-hybridized carbons (Fsp3) is 0.0588. The zero-order chi connectivity index (χ0) is 18.7. The van der Waals surface area contributed by atoms with Crippen molar-refractivity contribution >= 4 is 28.9 Å². The largest absolute Gasteiger partial charge is 0.495 e. The molecule has 0 spiro atoms. The predicted octanol–water partition coefficient (Wildman–Crippen LogP) is 3.69. The molecule has 1 aromatic heterocycles. The fourth-order valence-corrected chi connectivity index (χ4v) is 2.62. The number of carbonyl (C=O) groups is 1. The Kier molecular flexibility index (Phi) is 4.85. The Bertz CT molecular complexity index is 973. The van der Waals surface area contributed by atoms with Crippen LogP contribution in [-0.4, -0.2) is 27.7 Å². The minimum absolute atomic E-state index is 0.138. The molecule has 26 heavy (non-hydrogen) atoms. The molecule has 0 aliphatic carbocycles. The highest BCUT2D eigenvalue weighted by molar-refractivity contribution is 6.32. The molecule has 2 aromatic carbocycles. The molecule has 3 aromatic rings. The van der Waals surface area contributed by atoms with Gasteiger partial charge >= 0.3 is 0 Å². The van der Waals surface area contributed by atoms with E-state index in [-0.39, 0.29) is 16.9 Å². The second-order valence-corrected chi connectivity index (χ2v) is 5.62. The van der Waals surface area contributed by atoms with Gasteiger partial charge in [0.05, 0.1) is 17.1 Å². The smallest absolute Gasteiger partial charge is 0.295 e. The maximum atomic E-state index is 12.4. The number of amides is 1. The van der Waals surface area contributed by atoms with E-state index in [9.17, 15) is 14.9 Å². The molecule has 0 radical (unpaired) electrons. The van der Waals surface area contributed by atoms with Gasteiger partial charge in [-0.1, -0.05) is 11.6 Å². The second-order valence-electron chi connectivity index (χ2n) is 5.21. The number of halogens is 1. The Balaban J connectivity index is 1.89. The zero-order valence-electron chi connectivity index (χ0n) is 13.5. The van der Waals surface area contributed by atoms with Crippen LogP contribution < -0.4 is 10.1 Å². The van der Waals surface area contributed by atoms with Gasteiger partial charge in [-0.15, -0.1) is 0 Å². The number of nitro benzene ring substituents is 1. The number of ether oxygens (including phenoxy) is 1. The van der Waals surface area contributed by atoms with E-state index < -0.39 is 10.8 Å². The molecule has 0 bridgehead atoms. The molecular weight excluding hydrogens is 360 g/mol. The van der Waals surface area contributed by atoms with Gasteiger partial charge in [0.25, 0.3) is 11.6 Å². The summed E-state index contributed by atoms with van der Waals surface area (Å²) in [5, 5.41) is 18.3. The third-order valence-electron chi connectivity index (χ3n) is 3.60. The van der Waals surface area contributed by atoms with Crippen molar-refractivity contribution in [2.75, 3.05) is 12.4 Å². The van der Waals surface area contributed by atoms with Gasteiger partial charge in [-0.05, 0) is 36.4 Å². The topological polar surface area (TPSA) is 99.3 Å². The van der Waals surface area contributed by atoms with Crippen molar-refractivity contribution in [3.63, 3.8) is 0 Å². The van der Waals surface area contributed by atoms with Gasteiger partial charge < -0.3 is 10.1 Å². The minimum Gasteiger partial charge on any atom is -0.495 e. The van der Waals surface area contributed by atoms with E-state index in [4.69, 9.17) is 16.3 Å². The van der Waals surface area contributed by atoms with Gasteiger partial charge in [0.1, 0.15) is 11.4 Å². The Morgan fingerprint density at radius 2 is 2.12 bits per heavy atom. The summed E-state index contributed by atoms with van der Waals surface area (Å²) >= 11 is 6.03. The number of rotatable bonds is 5. The highest BCUT2D eigenvalue weighted by atomic mass is 35.5. The molecule has 1 N–H and O–H groups in total. The minimum atomic E-state index is -0.557. The number of anilines is 1. The van der Waals surface area contributed by atoms with Crippen LogP contribution in [-0.2, 0) is 0 Å². The number of aromatic nitrogens is 2. The molecule has 132 valence electrons. The van der Waals surface area contributed by atoms with Crippen molar-refractivity contribution in [2.24, 2.45) is 0 Å². The quantitative estimate of drug-likeness (QED) is 0.543. The van der Waals surface area contributed by atoms with E-state index in [1.807, 2.05) is 0 Å². The van der Waals surface area contributed by atoms with Gasteiger partial charge in [0.15, 0.2) is 0 Å². The molecule has 0 unspecified atom stereocenters. The second kappa shape index (κ2) is 7.24. The third-order valence-corrected chi connectivity index (χ3v) is 3.89. The molecule has 3 rings (SSSR count). The lowest BCUT2D eigenvalue weighted by molar-refractivity contribution is -0.384. The maximum absolute atomic E-state index is 12.4. The van der Waals surface area contributed by atoms with Crippen molar-refractivity contribution < 1.29 is 14.5 Å². The molecular formula is C17H13ClN4O4. The van der Waals surface area contributed by atoms with Gasteiger partial charge in [0.2, 0.25) is 0 Å². The zero-order valence-corrected chi connectivity index (χ0v) is 14.3. The summed E-state index contributed by atoms with van der Waals surface area (Å²) in [5.74, 6) is -0.0229.